The van der Waals surface area contributed by atoms with Gasteiger partial charge in [0, 0.05) is 4.90 Å². The molecule has 4 rings (SSSR count). The van der Waals surface area contributed by atoms with Crippen LogP contribution in [0.4, 0.5) is 0 Å². The minimum Gasteiger partial charge on any atom is -0.508 e. The van der Waals surface area contributed by atoms with Crippen LogP contribution in [0, 0.1) is 11.8 Å². The molecule has 1 aliphatic carbocycles. The molecule has 2 N–H and O–H groups in total. The van der Waals surface area contributed by atoms with Gasteiger partial charge in [0.05, 0.1) is 10.00 Å². The van der Waals surface area contributed by atoms with E-state index in [4.69, 9.17) is 0 Å². The van der Waals surface area contributed by atoms with Gasteiger partial charge in [-0.3, -0.25) is 0 Å². The van der Waals surface area contributed by atoms with E-state index < -0.39 is 4.93 Å². The molecule has 8 unspecified atom stereocenters. The fraction of sp³-hybridized carbons (Fsp3) is 0.750. The summed E-state index contributed by atoms with van der Waals surface area (Å²) in [6.45, 7) is 18.3. The number of hydrogen-bond acceptors (Lipinski definition) is 5. The highest BCUT2D eigenvalue weighted by atomic mass is 32.2. The lowest BCUT2D eigenvalue weighted by Crippen LogP contribution is -2.44. The van der Waals surface area contributed by atoms with Crippen LogP contribution in [0.15, 0.2) is 28.7 Å². The Labute approximate surface area is 239 Å². The maximum absolute atomic E-state index is 11.8. The van der Waals surface area contributed by atoms with Crippen molar-refractivity contribution in [1.29, 1.82) is 0 Å². The number of thioether (sulfide) groups is 3. The molecule has 1 aromatic rings. The zero-order valence-electron chi connectivity index (χ0n) is 24.4. The quantitative estimate of drug-likeness (QED) is 0.174. The van der Waals surface area contributed by atoms with Gasteiger partial charge in [-0.15, -0.1) is 35.3 Å². The monoisotopic (exact) mass is 562 g/mol. The van der Waals surface area contributed by atoms with E-state index >= 15 is 0 Å². The maximum Gasteiger partial charge on any atom is 0.146 e. The average Bonchev–Trinajstić information content (AvgIpc) is 3.72. The number of benzene rings is 1. The molecule has 2 aliphatic heterocycles. The van der Waals surface area contributed by atoms with Crippen molar-refractivity contribution in [3.05, 3.63) is 34.9 Å². The Morgan fingerprint density at radius 1 is 0.838 bits per heavy atom. The van der Waals surface area contributed by atoms with Crippen LogP contribution in [0.3, 0.4) is 0 Å². The minimum atomic E-state index is -0.668. The third kappa shape index (κ3) is 5.06. The normalized spacial score (nSPS) is 33.1. The van der Waals surface area contributed by atoms with E-state index in [0.717, 1.165) is 44.1 Å². The van der Waals surface area contributed by atoms with Crippen LogP contribution < -0.4 is 0 Å². The summed E-state index contributed by atoms with van der Waals surface area (Å²) < 4.78 is 0.0309. The standard InChI is InChI=1S/C32H50O2S3/c1-9-13-20(5)24-18-28(25(17-27(24)33)21(6)14-10-2)35-30-19-26(22(7)15-11-3)32(34)29(36-32)31(30,37-30)23(8)16-12-4/h17-23,29,33-34H,9-16H2,1-8H3. The Balaban J connectivity index is 1.82. The SMILES string of the molecule is CCCC(C)C1=CC2(Sc3cc(C(C)CCC)c(O)cc3C(C)CCC)SC2(C(C)CCC)C2SC12O. The molecule has 2 fully saturated rings. The summed E-state index contributed by atoms with van der Waals surface area (Å²) in [5, 5.41) is 23.2. The first-order chi connectivity index (χ1) is 17.5. The van der Waals surface area contributed by atoms with E-state index in [1.807, 2.05) is 11.8 Å². The number of aromatic hydroxyl groups is 1. The van der Waals surface area contributed by atoms with Gasteiger partial charge in [-0.25, -0.2) is 0 Å². The molecule has 2 saturated heterocycles. The molecule has 37 heavy (non-hydrogen) atoms. The molecule has 0 bridgehead atoms. The lowest BCUT2D eigenvalue weighted by molar-refractivity contribution is 0.168. The summed E-state index contributed by atoms with van der Waals surface area (Å²) in [5.41, 5.74) is 3.68. The highest BCUT2D eigenvalue weighted by molar-refractivity contribution is 8.27. The van der Waals surface area contributed by atoms with Gasteiger partial charge in [-0.1, -0.05) is 87.1 Å². The summed E-state index contributed by atoms with van der Waals surface area (Å²) >= 11 is 6.01. The van der Waals surface area contributed by atoms with Gasteiger partial charge in [0.1, 0.15) is 14.8 Å². The predicted octanol–water partition coefficient (Wildman–Crippen LogP) is 10.1. The van der Waals surface area contributed by atoms with E-state index in [2.05, 4.69) is 97.1 Å². The number of phenolic OH excluding ortho intramolecular Hbond substituents is 1. The van der Waals surface area contributed by atoms with Crippen LogP contribution in [0.25, 0.3) is 0 Å². The third-order valence-electron chi connectivity index (χ3n) is 9.20. The Bertz CT molecular complexity index is 1010. The molecule has 2 heterocycles. The third-order valence-corrected chi connectivity index (χ3v) is 14.7. The van der Waals surface area contributed by atoms with Crippen molar-refractivity contribution < 1.29 is 10.2 Å². The second kappa shape index (κ2) is 11.3. The summed E-state index contributed by atoms with van der Waals surface area (Å²) in [7, 11) is 0. The number of fused-ring (bicyclic) bond motifs is 3. The molecular weight excluding hydrogens is 513 g/mol. The van der Waals surface area contributed by atoms with E-state index in [0.29, 0.717) is 29.4 Å². The first-order valence-corrected chi connectivity index (χ1v) is 17.5. The molecule has 208 valence electrons. The smallest absolute Gasteiger partial charge is 0.146 e. The topological polar surface area (TPSA) is 40.5 Å². The van der Waals surface area contributed by atoms with Crippen LogP contribution in [-0.2, 0) is 0 Å². The van der Waals surface area contributed by atoms with Crippen LogP contribution in [0.5, 0.6) is 5.75 Å². The van der Waals surface area contributed by atoms with E-state index in [-0.39, 0.29) is 14.1 Å². The van der Waals surface area contributed by atoms with Crippen molar-refractivity contribution in [2.75, 3.05) is 0 Å². The first kappa shape index (κ1) is 29.7. The highest BCUT2D eigenvalue weighted by Crippen LogP contribution is 2.87. The van der Waals surface area contributed by atoms with Crippen molar-refractivity contribution in [3.8, 4) is 5.75 Å². The number of phenols is 1. The molecule has 0 aromatic heterocycles. The zero-order chi connectivity index (χ0) is 27.2. The van der Waals surface area contributed by atoms with Crippen molar-refractivity contribution >= 4 is 35.3 Å². The summed E-state index contributed by atoms with van der Waals surface area (Å²) in [5.74, 6) is 2.18. The van der Waals surface area contributed by atoms with Gasteiger partial charge in [0.2, 0.25) is 0 Å². The lowest BCUT2D eigenvalue weighted by atomic mass is 9.75. The highest BCUT2D eigenvalue weighted by Gasteiger charge is 2.85. The van der Waals surface area contributed by atoms with Crippen LogP contribution >= 0.6 is 35.3 Å². The van der Waals surface area contributed by atoms with Crippen LogP contribution in [0.1, 0.15) is 130 Å². The maximum atomic E-state index is 11.8. The number of aliphatic hydroxyl groups is 1. The first-order valence-electron chi connectivity index (χ1n) is 14.9. The van der Waals surface area contributed by atoms with Gasteiger partial charge in [-0.2, -0.15) is 0 Å². The second-order valence-electron chi connectivity index (χ2n) is 12.2. The number of rotatable bonds is 14. The molecule has 1 aromatic carbocycles. The molecule has 2 nitrogen and oxygen atoms in total. The molecule has 0 saturated carbocycles. The molecular formula is C32H50O2S3. The molecule has 5 heteroatoms. The van der Waals surface area contributed by atoms with Gasteiger partial charge in [0.15, 0.2) is 0 Å². The fourth-order valence-electron chi connectivity index (χ4n) is 7.03. The Hall–Kier alpha value is -0.230. The zero-order valence-corrected chi connectivity index (χ0v) is 26.8. The van der Waals surface area contributed by atoms with E-state index in [1.165, 1.54) is 28.9 Å². The van der Waals surface area contributed by atoms with Crippen molar-refractivity contribution in [3.63, 3.8) is 0 Å². The molecule has 8 atom stereocenters. The van der Waals surface area contributed by atoms with Gasteiger partial charge < -0.3 is 10.2 Å². The fourth-order valence-corrected chi connectivity index (χ4v) is 13.3. The summed E-state index contributed by atoms with van der Waals surface area (Å²) in [6.07, 6.45) is 11.6. The number of hydrogen-bond donors (Lipinski definition) is 2. The Kier molecular flexibility index (Phi) is 9.11. The molecule has 0 spiro atoms. The van der Waals surface area contributed by atoms with Crippen LogP contribution in [-0.4, -0.2) is 29.2 Å². The predicted molar refractivity (Wildman–Crippen MR) is 166 cm³/mol. The molecule has 0 radical (unpaired) electrons. The second-order valence-corrected chi connectivity index (χ2v) is 16.6. The van der Waals surface area contributed by atoms with Crippen molar-refractivity contribution in [2.24, 2.45) is 11.8 Å². The average molecular weight is 563 g/mol. The van der Waals surface area contributed by atoms with E-state index in [9.17, 15) is 10.2 Å². The van der Waals surface area contributed by atoms with E-state index in [1.54, 1.807) is 0 Å². The largest absolute Gasteiger partial charge is 0.508 e. The Morgan fingerprint density at radius 2 is 1.41 bits per heavy atom. The Morgan fingerprint density at radius 3 is 2.00 bits per heavy atom. The lowest BCUT2D eigenvalue weighted by Gasteiger charge is -2.35. The molecule has 3 aliphatic rings. The summed E-state index contributed by atoms with van der Waals surface area (Å²) in [6, 6.07) is 4.44. The van der Waals surface area contributed by atoms with Crippen molar-refractivity contribution in [1.82, 2.24) is 0 Å². The molecule has 0 amide bonds. The van der Waals surface area contributed by atoms with Gasteiger partial charge in [0.25, 0.3) is 0 Å². The van der Waals surface area contributed by atoms with Gasteiger partial charge in [-0.05, 0) is 78.2 Å². The van der Waals surface area contributed by atoms with Gasteiger partial charge >= 0.3 is 0 Å². The summed E-state index contributed by atoms with van der Waals surface area (Å²) in [4.78, 5) is 0.683. The van der Waals surface area contributed by atoms with Crippen LogP contribution in [0.2, 0.25) is 0 Å². The minimum absolute atomic E-state index is 0.0394. The van der Waals surface area contributed by atoms with Crippen molar-refractivity contribution in [2.45, 2.75) is 142 Å².